The van der Waals surface area contributed by atoms with Crippen LogP contribution < -0.4 is 11.2 Å². The largest absolute Gasteiger partial charge is 0.504 e. The monoisotopic (exact) mass is 342 g/mol. The molecular formula is C17H18N4O4. The highest BCUT2D eigenvalue weighted by Gasteiger charge is 2.14. The SMILES string of the molecule is CCn1c(=O)c2[nH]c(/C=C/c3ccc(O)c(O)c3)nc2n(CC)c1=O. The predicted molar refractivity (Wildman–Crippen MR) is 94.7 cm³/mol. The zero-order chi connectivity index (χ0) is 18.1. The Labute approximate surface area is 142 Å². The zero-order valence-corrected chi connectivity index (χ0v) is 13.9. The standard InChI is InChI=1S/C17H18N4O4/c1-3-20-15-14(16(24)21(4-2)17(20)25)18-13(19-15)8-6-10-5-7-11(22)12(23)9-10/h5-9,22-23H,3-4H2,1-2H3,(H,18,19)/b8-6+. The third-order valence-corrected chi connectivity index (χ3v) is 3.95. The van der Waals surface area contributed by atoms with Crippen molar-refractivity contribution in [1.82, 2.24) is 19.1 Å². The van der Waals surface area contributed by atoms with Gasteiger partial charge in [0.1, 0.15) is 11.3 Å². The highest BCUT2D eigenvalue weighted by atomic mass is 16.3. The Morgan fingerprint density at radius 3 is 2.44 bits per heavy atom. The van der Waals surface area contributed by atoms with Crippen LogP contribution in [0, 0.1) is 0 Å². The summed E-state index contributed by atoms with van der Waals surface area (Å²) < 4.78 is 2.61. The van der Waals surface area contributed by atoms with Crippen LogP contribution in [0.25, 0.3) is 23.3 Å². The van der Waals surface area contributed by atoms with Crippen molar-refractivity contribution < 1.29 is 10.2 Å². The molecule has 0 amide bonds. The van der Waals surface area contributed by atoms with Crippen LogP contribution in [-0.4, -0.2) is 29.3 Å². The Balaban J connectivity index is 2.11. The summed E-state index contributed by atoms with van der Waals surface area (Å²) in [5, 5.41) is 18.8. The number of benzene rings is 1. The first-order chi connectivity index (χ1) is 12.0. The van der Waals surface area contributed by atoms with E-state index < -0.39 is 5.56 Å². The molecule has 2 heterocycles. The van der Waals surface area contributed by atoms with Crippen LogP contribution in [0.15, 0.2) is 27.8 Å². The van der Waals surface area contributed by atoms with Crippen LogP contribution in [0.5, 0.6) is 11.5 Å². The third-order valence-electron chi connectivity index (χ3n) is 3.95. The lowest BCUT2D eigenvalue weighted by Crippen LogP contribution is -2.39. The minimum atomic E-state index is -0.401. The summed E-state index contributed by atoms with van der Waals surface area (Å²) in [6.07, 6.45) is 3.30. The number of aromatic nitrogens is 4. The van der Waals surface area contributed by atoms with Crippen molar-refractivity contribution in [3.05, 3.63) is 50.4 Å². The van der Waals surface area contributed by atoms with E-state index in [1.807, 2.05) is 6.92 Å². The molecule has 0 bridgehead atoms. The maximum Gasteiger partial charge on any atom is 0.332 e. The molecule has 8 heteroatoms. The summed E-state index contributed by atoms with van der Waals surface area (Å²) in [6, 6.07) is 4.41. The molecule has 0 aliphatic rings. The molecule has 8 nitrogen and oxygen atoms in total. The van der Waals surface area contributed by atoms with Crippen LogP contribution in [0.4, 0.5) is 0 Å². The predicted octanol–water partition coefficient (Wildman–Crippen LogP) is 1.51. The molecule has 3 aromatic rings. The lowest BCUT2D eigenvalue weighted by atomic mass is 10.2. The van der Waals surface area contributed by atoms with Crippen molar-refractivity contribution in [2.24, 2.45) is 0 Å². The van der Waals surface area contributed by atoms with Crippen molar-refractivity contribution in [2.45, 2.75) is 26.9 Å². The number of aromatic hydroxyl groups is 2. The van der Waals surface area contributed by atoms with E-state index in [1.165, 1.54) is 16.7 Å². The molecule has 0 saturated carbocycles. The highest BCUT2D eigenvalue weighted by Crippen LogP contribution is 2.25. The molecule has 2 aromatic heterocycles. The lowest BCUT2D eigenvalue weighted by Gasteiger charge is -2.06. The first kappa shape index (κ1) is 16.6. The molecule has 0 radical (unpaired) electrons. The first-order valence-corrected chi connectivity index (χ1v) is 7.89. The quantitative estimate of drug-likeness (QED) is 0.622. The minimum absolute atomic E-state index is 0.201. The molecule has 3 rings (SSSR count). The van der Waals surface area contributed by atoms with E-state index in [9.17, 15) is 19.8 Å². The molecule has 130 valence electrons. The van der Waals surface area contributed by atoms with E-state index >= 15 is 0 Å². The van der Waals surface area contributed by atoms with Gasteiger partial charge in [-0.1, -0.05) is 12.1 Å². The fraction of sp³-hybridized carbons (Fsp3) is 0.235. The van der Waals surface area contributed by atoms with Crippen molar-refractivity contribution in [1.29, 1.82) is 0 Å². The average Bonchev–Trinajstić information content (AvgIpc) is 3.01. The number of phenolic OH excluding ortho intramolecular Hbond substituents is 2. The Bertz CT molecular complexity index is 1090. The van der Waals surface area contributed by atoms with Crippen molar-refractivity contribution in [3.63, 3.8) is 0 Å². The van der Waals surface area contributed by atoms with Gasteiger partial charge in [0.2, 0.25) is 0 Å². The Morgan fingerprint density at radius 2 is 1.80 bits per heavy atom. The normalized spacial score (nSPS) is 11.6. The molecule has 0 unspecified atom stereocenters. The lowest BCUT2D eigenvalue weighted by molar-refractivity contribution is 0.403. The van der Waals surface area contributed by atoms with Gasteiger partial charge in [0.25, 0.3) is 5.56 Å². The van der Waals surface area contributed by atoms with Gasteiger partial charge in [-0.05, 0) is 37.6 Å². The molecule has 0 aliphatic carbocycles. The van der Waals surface area contributed by atoms with E-state index in [4.69, 9.17) is 0 Å². The van der Waals surface area contributed by atoms with Gasteiger partial charge in [-0.25, -0.2) is 9.78 Å². The molecular weight excluding hydrogens is 324 g/mol. The number of hydrogen-bond acceptors (Lipinski definition) is 5. The number of fused-ring (bicyclic) bond motifs is 1. The maximum atomic E-state index is 12.4. The summed E-state index contributed by atoms with van der Waals surface area (Å²) in [4.78, 5) is 32.0. The first-order valence-electron chi connectivity index (χ1n) is 7.89. The summed E-state index contributed by atoms with van der Waals surface area (Å²) >= 11 is 0. The second-order valence-corrected chi connectivity index (χ2v) is 5.48. The molecule has 0 saturated heterocycles. The van der Waals surface area contributed by atoms with Gasteiger partial charge in [0.05, 0.1) is 0 Å². The fourth-order valence-corrected chi connectivity index (χ4v) is 2.65. The van der Waals surface area contributed by atoms with Crippen molar-refractivity contribution in [3.8, 4) is 11.5 Å². The number of aryl methyl sites for hydroxylation is 1. The van der Waals surface area contributed by atoms with Gasteiger partial charge >= 0.3 is 5.69 Å². The van der Waals surface area contributed by atoms with Gasteiger partial charge in [0, 0.05) is 13.1 Å². The van der Waals surface area contributed by atoms with E-state index in [2.05, 4.69) is 9.97 Å². The number of imidazole rings is 1. The number of nitrogens with one attached hydrogen (secondary N) is 1. The summed E-state index contributed by atoms with van der Waals surface area (Å²) in [5.74, 6) is -0.0134. The smallest absolute Gasteiger partial charge is 0.332 e. The zero-order valence-electron chi connectivity index (χ0n) is 13.9. The molecule has 0 aliphatic heterocycles. The number of H-pyrrole nitrogens is 1. The van der Waals surface area contributed by atoms with E-state index in [0.29, 0.717) is 23.6 Å². The van der Waals surface area contributed by atoms with Crippen molar-refractivity contribution >= 4 is 23.3 Å². The van der Waals surface area contributed by atoms with Crippen LogP contribution >= 0.6 is 0 Å². The van der Waals surface area contributed by atoms with Gasteiger partial charge in [0.15, 0.2) is 17.1 Å². The fourth-order valence-electron chi connectivity index (χ4n) is 2.65. The molecule has 25 heavy (non-hydrogen) atoms. The molecule has 0 fully saturated rings. The van der Waals surface area contributed by atoms with Crippen LogP contribution in [-0.2, 0) is 13.1 Å². The van der Waals surface area contributed by atoms with Crippen LogP contribution in [0.3, 0.4) is 0 Å². The van der Waals surface area contributed by atoms with Crippen LogP contribution in [0.2, 0.25) is 0 Å². The summed E-state index contributed by atoms with van der Waals surface area (Å²) in [7, 11) is 0. The second kappa shape index (κ2) is 6.31. The van der Waals surface area contributed by atoms with Crippen LogP contribution in [0.1, 0.15) is 25.2 Å². The van der Waals surface area contributed by atoms with Crippen molar-refractivity contribution in [2.75, 3.05) is 0 Å². The van der Waals surface area contributed by atoms with Gasteiger partial charge in [-0.2, -0.15) is 0 Å². The number of phenols is 2. The second-order valence-electron chi connectivity index (χ2n) is 5.48. The Hall–Kier alpha value is -3.29. The topological polar surface area (TPSA) is 113 Å². The van der Waals surface area contributed by atoms with E-state index in [1.54, 1.807) is 25.1 Å². The third kappa shape index (κ3) is 2.82. The molecule has 3 N–H and O–H groups in total. The number of rotatable bonds is 4. The summed E-state index contributed by atoms with van der Waals surface area (Å²) in [5.41, 5.74) is 0.455. The Morgan fingerprint density at radius 1 is 1.08 bits per heavy atom. The minimum Gasteiger partial charge on any atom is -0.504 e. The van der Waals surface area contributed by atoms with Gasteiger partial charge in [-0.3, -0.25) is 13.9 Å². The number of nitrogens with zero attached hydrogens (tertiary/aromatic N) is 3. The van der Waals surface area contributed by atoms with E-state index in [-0.39, 0.29) is 29.3 Å². The van der Waals surface area contributed by atoms with E-state index in [0.717, 1.165) is 4.57 Å². The van der Waals surface area contributed by atoms with Gasteiger partial charge < -0.3 is 15.2 Å². The highest BCUT2D eigenvalue weighted by molar-refractivity contribution is 5.75. The number of hydrogen-bond donors (Lipinski definition) is 3. The molecule has 0 atom stereocenters. The Kier molecular flexibility index (Phi) is 4.18. The number of aromatic amines is 1. The summed E-state index contributed by atoms with van der Waals surface area (Å²) in [6.45, 7) is 4.23. The molecule has 1 aromatic carbocycles. The molecule has 0 spiro atoms. The average molecular weight is 342 g/mol. The maximum absolute atomic E-state index is 12.4. The van der Waals surface area contributed by atoms with Gasteiger partial charge in [-0.15, -0.1) is 0 Å².